The van der Waals surface area contributed by atoms with Gasteiger partial charge in [-0.3, -0.25) is 4.68 Å². The molecule has 2 N–H and O–H groups in total. The summed E-state index contributed by atoms with van der Waals surface area (Å²) in [5, 5.41) is 17.7. The Morgan fingerprint density at radius 3 is 2.72 bits per heavy atom. The van der Waals surface area contributed by atoms with Gasteiger partial charge in [-0.2, -0.15) is 5.10 Å². The summed E-state index contributed by atoms with van der Waals surface area (Å²) >= 11 is 0. The first-order valence-electron chi connectivity index (χ1n) is 6.00. The van der Waals surface area contributed by atoms with E-state index in [2.05, 4.69) is 22.7 Å². The fourth-order valence-corrected chi connectivity index (χ4v) is 1.92. The van der Waals surface area contributed by atoms with E-state index in [1.54, 1.807) is 17.8 Å². The molecule has 0 fully saturated rings. The topological polar surface area (TPSA) is 55.0 Å². The molecule has 0 aliphatic rings. The first-order chi connectivity index (χ1) is 8.47. The Morgan fingerprint density at radius 1 is 1.39 bits per heavy atom. The van der Waals surface area contributed by atoms with Gasteiger partial charge in [0.15, 0.2) is 0 Å². The maximum Gasteiger partial charge on any atom is 0.102 e. The van der Waals surface area contributed by atoms with Gasteiger partial charge in [-0.1, -0.05) is 0 Å². The van der Waals surface area contributed by atoms with Crippen molar-refractivity contribution >= 4 is 0 Å². The zero-order valence-corrected chi connectivity index (χ0v) is 11.1. The lowest BCUT2D eigenvalue weighted by molar-refractivity contribution is 0.0566. The van der Waals surface area contributed by atoms with Crippen LogP contribution in [-0.4, -0.2) is 26.0 Å². The van der Waals surface area contributed by atoms with E-state index in [9.17, 15) is 5.11 Å². The fraction of sp³-hybridized carbons (Fsp3) is 0.462. The lowest BCUT2D eigenvalue weighted by atomic mass is 10.00. The Kier molecular flexibility index (Phi) is 3.54. The van der Waals surface area contributed by atoms with E-state index < -0.39 is 5.60 Å². The molecule has 2 aromatic rings. The van der Waals surface area contributed by atoms with E-state index in [4.69, 9.17) is 0 Å². The molecule has 98 valence electrons. The van der Waals surface area contributed by atoms with Crippen LogP contribution in [0.2, 0.25) is 0 Å². The van der Waals surface area contributed by atoms with E-state index in [-0.39, 0.29) is 0 Å². The van der Waals surface area contributed by atoms with Crippen molar-refractivity contribution in [3.63, 3.8) is 0 Å². The summed E-state index contributed by atoms with van der Waals surface area (Å²) in [6.45, 7) is 3.03. The van der Waals surface area contributed by atoms with Crippen LogP contribution in [-0.2, 0) is 26.2 Å². The van der Waals surface area contributed by atoms with Gasteiger partial charge in [-0.05, 0) is 18.6 Å². The summed E-state index contributed by atoms with van der Waals surface area (Å²) in [6.07, 6.45) is 7.61. The molecule has 2 heterocycles. The molecule has 0 aromatic carbocycles. The van der Waals surface area contributed by atoms with Gasteiger partial charge in [0.1, 0.15) is 5.60 Å². The molecular weight excluding hydrogens is 228 g/mol. The molecule has 0 amide bonds. The summed E-state index contributed by atoms with van der Waals surface area (Å²) in [4.78, 5) is 0. The summed E-state index contributed by atoms with van der Waals surface area (Å²) in [5.74, 6) is 0. The Labute approximate surface area is 107 Å². The number of aryl methyl sites for hydroxylation is 2. The highest BCUT2D eigenvalue weighted by Gasteiger charge is 2.24. The zero-order chi connectivity index (χ0) is 13.2. The highest BCUT2D eigenvalue weighted by Crippen LogP contribution is 2.18. The number of hydrogen-bond acceptors (Lipinski definition) is 3. The van der Waals surface area contributed by atoms with Crippen molar-refractivity contribution in [3.8, 4) is 0 Å². The van der Waals surface area contributed by atoms with Gasteiger partial charge < -0.3 is 15.0 Å². The van der Waals surface area contributed by atoms with Crippen molar-refractivity contribution in [3.05, 3.63) is 42.0 Å². The van der Waals surface area contributed by atoms with Gasteiger partial charge in [0, 0.05) is 51.3 Å². The monoisotopic (exact) mass is 248 g/mol. The van der Waals surface area contributed by atoms with Gasteiger partial charge in [-0.15, -0.1) is 0 Å². The minimum atomic E-state index is -0.900. The molecule has 0 saturated heterocycles. The minimum absolute atomic E-state index is 0.494. The molecule has 0 aliphatic carbocycles. The van der Waals surface area contributed by atoms with Crippen LogP contribution in [0.4, 0.5) is 0 Å². The fourth-order valence-electron chi connectivity index (χ4n) is 1.92. The third-order valence-corrected chi connectivity index (χ3v) is 3.02. The van der Waals surface area contributed by atoms with Crippen molar-refractivity contribution in [1.82, 2.24) is 19.7 Å². The largest absolute Gasteiger partial charge is 0.384 e. The minimum Gasteiger partial charge on any atom is -0.384 e. The van der Waals surface area contributed by atoms with Gasteiger partial charge >= 0.3 is 0 Å². The number of nitrogens with zero attached hydrogens (tertiary/aromatic N) is 3. The van der Waals surface area contributed by atoms with Crippen LogP contribution < -0.4 is 5.32 Å². The molecule has 0 bridgehead atoms. The smallest absolute Gasteiger partial charge is 0.102 e. The molecule has 1 unspecified atom stereocenters. The zero-order valence-electron chi connectivity index (χ0n) is 11.1. The summed E-state index contributed by atoms with van der Waals surface area (Å²) < 4.78 is 3.71. The van der Waals surface area contributed by atoms with Crippen molar-refractivity contribution in [2.45, 2.75) is 19.1 Å². The summed E-state index contributed by atoms with van der Waals surface area (Å²) in [7, 11) is 3.84. The lowest BCUT2D eigenvalue weighted by Crippen LogP contribution is -2.34. The predicted molar refractivity (Wildman–Crippen MR) is 69.9 cm³/mol. The van der Waals surface area contributed by atoms with Crippen molar-refractivity contribution in [2.24, 2.45) is 14.1 Å². The second-order valence-corrected chi connectivity index (χ2v) is 4.97. The molecular formula is C13H20N4O. The van der Waals surface area contributed by atoms with E-state index in [1.165, 1.54) is 5.56 Å². The van der Waals surface area contributed by atoms with E-state index in [0.29, 0.717) is 6.54 Å². The Bertz CT molecular complexity index is 513. The summed E-state index contributed by atoms with van der Waals surface area (Å²) in [6, 6.07) is 2.06. The van der Waals surface area contributed by atoms with Crippen LogP contribution >= 0.6 is 0 Å². The normalized spacial score (nSPS) is 14.7. The predicted octanol–water partition coefficient (Wildman–Crippen LogP) is 0.756. The van der Waals surface area contributed by atoms with Gasteiger partial charge in [0.2, 0.25) is 0 Å². The Balaban J connectivity index is 1.89. The molecule has 0 radical (unpaired) electrons. The van der Waals surface area contributed by atoms with Gasteiger partial charge in [-0.25, -0.2) is 0 Å². The molecule has 0 saturated carbocycles. The van der Waals surface area contributed by atoms with Crippen LogP contribution in [0.25, 0.3) is 0 Å². The second kappa shape index (κ2) is 4.96. The van der Waals surface area contributed by atoms with Crippen molar-refractivity contribution in [2.75, 3.05) is 6.54 Å². The van der Waals surface area contributed by atoms with Crippen molar-refractivity contribution in [1.29, 1.82) is 0 Å². The van der Waals surface area contributed by atoms with Crippen molar-refractivity contribution < 1.29 is 5.11 Å². The molecule has 0 spiro atoms. The number of aliphatic hydroxyl groups is 1. The number of hydrogen-bond donors (Lipinski definition) is 2. The van der Waals surface area contributed by atoms with E-state index >= 15 is 0 Å². The molecule has 1 atom stereocenters. The highest BCUT2D eigenvalue weighted by atomic mass is 16.3. The molecule has 5 heteroatoms. The SMILES string of the molecule is Cn1ccc(CNCC(C)(O)c2cnn(C)c2)c1. The van der Waals surface area contributed by atoms with Gasteiger partial charge in [0.25, 0.3) is 0 Å². The summed E-state index contributed by atoms with van der Waals surface area (Å²) in [5.41, 5.74) is 1.13. The van der Waals surface area contributed by atoms with Crippen LogP contribution in [0.5, 0.6) is 0 Å². The van der Waals surface area contributed by atoms with Crippen LogP contribution in [0.15, 0.2) is 30.9 Å². The van der Waals surface area contributed by atoms with Crippen LogP contribution in [0.1, 0.15) is 18.1 Å². The first-order valence-corrected chi connectivity index (χ1v) is 6.00. The molecule has 2 rings (SSSR count). The average molecular weight is 248 g/mol. The maximum atomic E-state index is 10.4. The quantitative estimate of drug-likeness (QED) is 0.821. The highest BCUT2D eigenvalue weighted by molar-refractivity contribution is 5.15. The molecule has 18 heavy (non-hydrogen) atoms. The Hall–Kier alpha value is -1.59. The van der Waals surface area contributed by atoms with E-state index in [1.807, 2.05) is 31.1 Å². The second-order valence-electron chi connectivity index (χ2n) is 4.97. The number of nitrogens with one attached hydrogen (secondary N) is 1. The molecule has 2 aromatic heterocycles. The first kappa shape index (κ1) is 12.9. The maximum absolute atomic E-state index is 10.4. The van der Waals surface area contributed by atoms with E-state index in [0.717, 1.165) is 12.1 Å². The van der Waals surface area contributed by atoms with Gasteiger partial charge in [0.05, 0.1) is 6.20 Å². The third-order valence-electron chi connectivity index (χ3n) is 3.02. The molecule has 0 aliphatic heterocycles. The number of aromatic nitrogens is 3. The molecule has 5 nitrogen and oxygen atoms in total. The Morgan fingerprint density at radius 2 is 2.17 bits per heavy atom. The average Bonchev–Trinajstić information content (AvgIpc) is 2.88. The van der Waals surface area contributed by atoms with Crippen LogP contribution in [0.3, 0.4) is 0 Å². The standard InChI is InChI=1S/C13H20N4O/c1-13(18,12-7-15-17(3)9-12)10-14-6-11-4-5-16(2)8-11/h4-5,7-9,14,18H,6,10H2,1-3H3. The number of rotatable bonds is 5. The third kappa shape index (κ3) is 3.00. The lowest BCUT2D eigenvalue weighted by Gasteiger charge is -2.22. The van der Waals surface area contributed by atoms with Crippen LogP contribution in [0, 0.1) is 0 Å².